The second-order valence-electron chi connectivity index (χ2n) is 8.79. The zero-order valence-electron chi connectivity index (χ0n) is 21.3. The number of carbonyl (C=O) groups excluding carboxylic acids is 1. The first kappa shape index (κ1) is 34.0. The van der Waals surface area contributed by atoms with Crippen LogP contribution in [0.5, 0.6) is 0 Å². The molecule has 0 spiro atoms. The fourth-order valence-corrected chi connectivity index (χ4v) is 3.72. The summed E-state index contributed by atoms with van der Waals surface area (Å²) < 4.78 is 1.72. The quantitative estimate of drug-likeness (QED) is 0.184. The van der Waals surface area contributed by atoms with Crippen LogP contribution in [0.25, 0.3) is 0 Å². The Bertz CT molecular complexity index is 483. The van der Waals surface area contributed by atoms with Gasteiger partial charge in [-0.25, -0.2) is 0 Å². The Hall–Kier alpha value is -1.17. The molecule has 0 aromatic carbocycles. The molecule has 6 heteroatoms. The van der Waals surface area contributed by atoms with Crippen LogP contribution in [0.4, 0.5) is 0 Å². The van der Waals surface area contributed by atoms with Gasteiger partial charge in [0, 0.05) is 18.7 Å². The molecule has 0 saturated carbocycles. The van der Waals surface area contributed by atoms with E-state index in [1.165, 1.54) is 103 Å². The van der Waals surface area contributed by atoms with Crippen molar-refractivity contribution in [3.05, 3.63) is 30.6 Å². The van der Waals surface area contributed by atoms with Crippen LogP contribution in [0.15, 0.2) is 30.6 Å². The monoisotopic (exact) mass is 485 g/mol. The van der Waals surface area contributed by atoms with E-state index in [1.54, 1.807) is 17.0 Å². The number of halogens is 1. The van der Waals surface area contributed by atoms with Gasteiger partial charge in [-0.1, -0.05) is 109 Å². The van der Waals surface area contributed by atoms with Gasteiger partial charge in [-0.05, 0) is 13.0 Å². The van der Waals surface area contributed by atoms with Gasteiger partial charge in [0.25, 0.3) is 5.91 Å². The van der Waals surface area contributed by atoms with E-state index in [0.29, 0.717) is 0 Å². The van der Waals surface area contributed by atoms with Gasteiger partial charge in [0.2, 0.25) is 6.54 Å². The molecule has 0 aliphatic heterocycles. The van der Waals surface area contributed by atoms with Crippen molar-refractivity contribution in [1.29, 1.82) is 0 Å². The number of nitrogens with two attached hydrogens (primary N) is 1. The predicted octanol–water partition coefficient (Wildman–Crippen LogP) is 2.29. The molecule has 4 N–H and O–H groups in total. The highest BCUT2D eigenvalue weighted by molar-refractivity contribution is 5.72. The van der Waals surface area contributed by atoms with Crippen molar-refractivity contribution in [1.82, 2.24) is 5.32 Å². The Kier molecular flexibility index (Phi) is 29.7. The molecular formula is C27H52ClN3O2. The van der Waals surface area contributed by atoms with Crippen LogP contribution in [0, 0.1) is 0 Å². The molecule has 1 aromatic heterocycles. The van der Waals surface area contributed by atoms with Gasteiger partial charge >= 0.3 is 0 Å². The normalized spacial score (nSPS) is 10.2. The van der Waals surface area contributed by atoms with Gasteiger partial charge in [0.15, 0.2) is 12.4 Å². The molecule has 5 nitrogen and oxygen atoms in total. The van der Waals surface area contributed by atoms with E-state index in [4.69, 9.17) is 10.8 Å². The van der Waals surface area contributed by atoms with Crippen LogP contribution in [0.2, 0.25) is 0 Å². The lowest BCUT2D eigenvalue weighted by atomic mass is 10.0. The minimum absolute atomic E-state index is 0. The van der Waals surface area contributed by atoms with Gasteiger partial charge in [0.05, 0.1) is 6.61 Å². The number of aliphatic hydroxyl groups excluding tert-OH is 1. The molecule has 0 unspecified atom stereocenters. The third kappa shape index (κ3) is 28.8. The first-order valence-corrected chi connectivity index (χ1v) is 13.2. The lowest BCUT2D eigenvalue weighted by Crippen LogP contribution is -3.00. The third-order valence-corrected chi connectivity index (χ3v) is 5.61. The lowest BCUT2D eigenvalue weighted by Gasteiger charge is -2.04. The van der Waals surface area contributed by atoms with Crippen molar-refractivity contribution in [2.24, 2.45) is 5.73 Å². The summed E-state index contributed by atoms with van der Waals surface area (Å²) in [4.78, 5) is 10.4. The molecule has 0 fully saturated rings. The highest BCUT2D eigenvalue weighted by Crippen LogP contribution is 2.13. The van der Waals surface area contributed by atoms with Gasteiger partial charge in [-0.3, -0.25) is 4.79 Å². The smallest absolute Gasteiger partial charge is 0.283 e. The van der Waals surface area contributed by atoms with E-state index in [1.807, 2.05) is 18.2 Å². The summed E-state index contributed by atoms with van der Waals surface area (Å²) in [5.41, 5.74) is 4.96. The number of hydrogen-bond acceptors (Lipinski definition) is 3. The number of carbonyl (C=O) groups is 1. The number of hydrogen-bond donors (Lipinski definition) is 3. The highest BCUT2D eigenvalue weighted by Gasteiger charge is 2.01. The van der Waals surface area contributed by atoms with Crippen LogP contribution in [0.3, 0.4) is 0 Å². The third-order valence-electron chi connectivity index (χ3n) is 5.61. The number of rotatable bonds is 21. The number of aromatic nitrogens is 1. The second-order valence-corrected chi connectivity index (χ2v) is 8.79. The van der Waals surface area contributed by atoms with E-state index in [0.717, 1.165) is 13.1 Å². The van der Waals surface area contributed by atoms with Crippen molar-refractivity contribution in [3.8, 4) is 0 Å². The molecular weight excluding hydrogens is 434 g/mol. The Morgan fingerprint density at radius 3 is 1.55 bits per heavy atom. The first-order chi connectivity index (χ1) is 15.7. The SMILES string of the molecule is CCCCCCCCCCCCCCCCCCNCCO.NC(=O)C[n+]1ccccc1.[Cl-]. The zero-order chi connectivity index (χ0) is 23.5. The summed E-state index contributed by atoms with van der Waals surface area (Å²) >= 11 is 0. The number of aliphatic hydroxyl groups is 1. The maximum Gasteiger partial charge on any atom is 0.283 e. The molecule has 0 atom stereocenters. The summed E-state index contributed by atoms with van der Waals surface area (Å²) in [6, 6.07) is 5.59. The van der Waals surface area contributed by atoms with Gasteiger partial charge in [0.1, 0.15) is 0 Å². The van der Waals surface area contributed by atoms with Gasteiger partial charge in [-0.2, -0.15) is 4.57 Å². The minimum atomic E-state index is -0.323. The van der Waals surface area contributed by atoms with Crippen LogP contribution in [0.1, 0.15) is 110 Å². The number of primary amides is 1. The van der Waals surface area contributed by atoms with Crippen LogP contribution in [-0.2, 0) is 11.3 Å². The summed E-state index contributed by atoms with van der Waals surface area (Å²) in [5, 5.41) is 11.9. The van der Waals surface area contributed by atoms with Crippen molar-refractivity contribution in [2.75, 3.05) is 19.7 Å². The standard InChI is InChI=1S/C20H43NO.C7H8N2O.ClH/c1-2-3-4-5-6-7-8-9-10-11-12-13-14-15-16-17-18-21-19-20-22;8-7(10)6-9-4-2-1-3-5-9;/h21-22H,2-20H2,1H3;1-5H,6H2,(H-,8,10);1H. The molecule has 0 aliphatic carbocycles. The average molecular weight is 486 g/mol. The van der Waals surface area contributed by atoms with Crippen LogP contribution in [-0.4, -0.2) is 30.7 Å². The molecule has 33 heavy (non-hydrogen) atoms. The molecule has 194 valence electrons. The summed E-state index contributed by atoms with van der Waals surface area (Å²) in [6.07, 6.45) is 26.4. The Labute approximate surface area is 210 Å². The fraction of sp³-hybridized carbons (Fsp3) is 0.778. The molecule has 0 aliphatic rings. The Morgan fingerprint density at radius 1 is 0.727 bits per heavy atom. The van der Waals surface area contributed by atoms with Crippen molar-refractivity contribution in [2.45, 2.75) is 116 Å². The predicted molar refractivity (Wildman–Crippen MR) is 135 cm³/mol. The molecule has 0 bridgehead atoms. The summed E-state index contributed by atoms with van der Waals surface area (Å²) in [7, 11) is 0. The molecule has 0 radical (unpaired) electrons. The molecule has 1 amide bonds. The maximum atomic E-state index is 10.4. The fourth-order valence-electron chi connectivity index (χ4n) is 3.72. The number of nitrogens with zero attached hydrogens (tertiary/aromatic N) is 1. The number of unbranched alkanes of at least 4 members (excludes halogenated alkanes) is 15. The highest BCUT2D eigenvalue weighted by atomic mass is 35.5. The zero-order valence-corrected chi connectivity index (χ0v) is 22.0. The number of nitrogens with one attached hydrogen (secondary N) is 1. The lowest BCUT2D eigenvalue weighted by molar-refractivity contribution is -0.684. The molecule has 1 rings (SSSR count). The number of amides is 1. The van der Waals surface area contributed by atoms with Gasteiger partial charge < -0.3 is 28.6 Å². The minimum Gasteiger partial charge on any atom is -1.00 e. The summed E-state index contributed by atoms with van der Waals surface area (Å²) in [5.74, 6) is -0.323. The van der Waals surface area contributed by atoms with E-state index in [2.05, 4.69) is 12.2 Å². The van der Waals surface area contributed by atoms with Crippen LogP contribution >= 0.6 is 0 Å². The van der Waals surface area contributed by atoms with Gasteiger partial charge in [-0.15, -0.1) is 0 Å². The van der Waals surface area contributed by atoms with E-state index < -0.39 is 0 Å². The van der Waals surface area contributed by atoms with Crippen molar-refractivity contribution < 1.29 is 26.9 Å². The average Bonchev–Trinajstić information content (AvgIpc) is 2.79. The summed E-state index contributed by atoms with van der Waals surface area (Å²) in [6.45, 7) is 4.62. The molecule has 0 saturated heterocycles. The van der Waals surface area contributed by atoms with E-state index >= 15 is 0 Å². The second kappa shape index (κ2) is 28.9. The first-order valence-electron chi connectivity index (χ1n) is 13.2. The van der Waals surface area contributed by atoms with Crippen molar-refractivity contribution >= 4 is 5.91 Å². The Morgan fingerprint density at radius 2 is 1.15 bits per heavy atom. The largest absolute Gasteiger partial charge is 1.00 e. The number of pyridine rings is 1. The van der Waals surface area contributed by atoms with Crippen LogP contribution < -0.4 is 28.0 Å². The van der Waals surface area contributed by atoms with E-state index in [9.17, 15) is 4.79 Å². The molecule has 1 aromatic rings. The maximum absolute atomic E-state index is 10.4. The topological polar surface area (TPSA) is 79.2 Å². The molecule has 1 heterocycles. The Balaban J connectivity index is 0. The van der Waals surface area contributed by atoms with E-state index in [-0.39, 0.29) is 31.5 Å². The van der Waals surface area contributed by atoms with Crippen molar-refractivity contribution in [3.63, 3.8) is 0 Å².